The summed E-state index contributed by atoms with van der Waals surface area (Å²) < 4.78 is 16.4. The predicted molar refractivity (Wildman–Crippen MR) is 135 cm³/mol. The smallest absolute Gasteiger partial charge is 0.255 e. The Labute approximate surface area is 208 Å². The van der Waals surface area contributed by atoms with Crippen LogP contribution in [0.1, 0.15) is 67.2 Å². The van der Waals surface area contributed by atoms with Gasteiger partial charge in [0.05, 0.1) is 23.0 Å². The van der Waals surface area contributed by atoms with Gasteiger partial charge in [-0.05, 0) is 57.7 Å². The summed E-state index contributed by atoms with van der Waals surface area (Å²) in [5, 5.41) is 13.8. The summed E-state index contributed by atoms with van der Waals surface area (Å²) in [5.41, 5.74) is 7.81. The monoisotopic (exact) mass is 494 g/mol. The summed E-state index contributed by atoms with van der Waals surface area (Å²) in [5.74, 6) is -1.56. The Hall–Kier alpha value is -3.95. The Morgan fingerprint density at radius 1 is 1.08 bits per heavy atom. The summed E-state index contributed by atoms with van der Waals surface area (Å²) in [6.45, 7) is 5.44. The molecule has 1 fully saturated rings. The number of hydrogen-bond donors (Lipinski definition) is 4. The van der Waals surface area contributed by atoms with E-state index in [0.29, 0.717) is 27.9 Å². The lowest BCUT2D eigenvalue weighted by atomic mass is 9.91. The molecule has 0 radical (unpaired) electrons. The third-order valence-electron chi connectivity index (χ3n) is 6.35. The Bertz CT molecular complexity index is 1310. The number of anilines is 1. The van der Waals surface area contributed by atoms with Crippen molar-refractivity contribution in [3.8, 4) is 11.1 Å². The van der Waals surface area contributed by atoms with Gasteiger partial charge in [-0.2, -0.15) is 5.10 Å². The molecule has 1 aliphatic rings. The molecular formula is C26H31FN6O3. The highest BCUT2D eigenvalue weighted by molar-refractivity contribution is 6.03. The Balaban J connectivity index is 1.61. The molecule has 0 atom stereocenters. The molecule has 36 heavy (non-hydrogen) atoms. The van der Waals surface area contributed by atoms with Gasteiger partial charge in [-0.3, -0.25) is 14.4 Å². The van der Waals surface area contributed by atoms with Crippen LogP contribution in [0.2, 0.25) is 0 Å². The second kappa shape index (κ2) is 10.3. The Morgan fingerprint density at radius 2 is 1.75 bits per heavy atom. The van der Waals surface area contributed by atoms with Gasteiger partial charge in [-0.1, -0.05) is 6.07 Å². The number of hydrogen-bond acceptors (Lipinski definition) is 5. The summed E-state index contributed by atoms with van der Waals surface area (Å²) in [6, 6.07) is 6.03. The van der Waals surface area contributed by atoms with Gasteiger partial charge in [-0.25, -0.2) is 8.91 Å². The van der Waals surface area contributed by atoms with Gasteiger partial charge >= 0.3 is 0 Å². The lowest BCUT2D eigenvalue weighted by molar-refractivity contribution is -0.119. The van der Waals surface area contributed by atoms with Crippen molar-refractivity contribution in [3.05, 3.63) is 53.6 Å². The Morgan fingerprint density at radius 3 is 2.33 bits per heavy atom. The van der Waals surface area contributed by atoms with Crippen LogP contribution >= 0.6 is 0 Å². The quantitative estimate of drug-likeness (QED) is 0.401. The van der Waals surface area contributed by atoms with Gasteiger partial charge in [0.1, 0.15) is 5.82 Å². The molecule has 5 N–H and O–H groups in total. The first-order valence-electron chi connectivity index (χ1n) is 12.1. The molecule has 2 heterocycles. The third kappa shape index (κ3) is 5.48. The first-order chi connectivity index (χ1) is 17.1. The zero-order valence-electron chi connectivity index (χ0n) is 20.6. The van der Waals surface area contributed by atoms with Crippen molar-refractivity contribution in [1.29, 1.82) is 0 Å². The van der Waals surface area contributed by atoms with E-state index >= 15 is 0 Å². The standard InChI is InChI=1S/C26H31FN6O3/c1-14(2)30-24-21(26(36)32-19-7-5-18(6-8-19)31-15(3)34)12-29-33-13-17(11-23(24)33)20-9-4-16(25(28)35)10-22(20)27/h4,9-14,18-19,30H,5-8H2,1-3H3,(H2,28,35)(H,31,34)(H,32,36)/t18-,19-. The predicted octanol–water partition coefficient (Wildman–Crippen LogP) is 3.24. The molecule has 0 bridgehead atoms. The number of carbonyl (C=O) groups is 3. The van der Waals surface area contributed by atoms with Crippen LogP contribution in [0.3, 0.4) is 0 Å². The van der Waals surface area contributed by atoms with Crippen LogP contribution in [0.4, 0.5) is 10.1 Å². The molecule has 3 amide bonds. The number of benzene rings is 1. The van der Waals surface area contributed by atoms with Crippen LogP contribution < -0.4 is 21.7 Å². The number of nitrogens with one attached hydrogen (secondary N) is 3. The minimum atomic E-state index is -0.702. The van der Waals surface area contributed by atoms with Crippen molar-refractivity contribution in [2.45, 2.75) is 64.6 Å². The molecule has 0 aliphatic heterocycles. The first-order valence-corrected chi connectivity index (χ1v) is 12.1. The molecule has 190 valence electrons. The van der Waals surface area contributed by atoms with Crippen molar-refractivity contribution in [1.82, 2.24) is 20.2 Å². The number of primary amides is 1. The largest absolute Gasteiger partial charge is 0.380 e. The molecule has 10 heteroatoms. The lowest BCUT2D eigenvalue weighted by Crippen LogP contribution is -2.43. The normalized spacial score (nSPS) is 17.7. The zero-order valence-corrected chi connectivity index (χ0v) is 20.6. The molecule has 3 aromatic rings. The van der Waals surface area contributed by atoms with E-state index < -0.39 is 11.7 Å². The van der Waals surface area contributed by atoms with Crippen LogP contribution in [-0.2, 0) is 4.79 Å². The van der Waals surface area contributed by atoms with Gasteiger partial charge in [0, 0.05) is 47.9 Å². The number of aromatic nitrogens is 2. The van der Waals surface area contributed by atoms with Crippen LogP contribution in [-0.4, -0.2) is 45.5 Å². The lowest BCUT2D eigenvalue weighted by Gasteiger charge is -2.29. The second-order valence-corrected chi connectivity index (χ2v) is 9.57. The highest BCUT2D eigenvalue weighted by Crippen LogP contribution is 2.31. The minimum Gasteiger partial charge on any atom is -0.380 e. The van der Waals surface area contributed by atoms with E-state index in [1.54, 1.807) is 16.8 Å². The van der Waals surface area contributed by atoms with Gasteiger partial charge < -0.3 is 21.7 Å². The summed E-state index contributed by atoms with van der Waals surface area (Å²) in [4.78, 5) is 36.0. The molecule has 1 aromatic carbocycles. The topological polar surface area (TPSA) is 131 Å². The van der Waals surface area contributed by atoms with E-state index in [0.717, 1.165) is 31.7 Å². The number of nitrogens with two attached hydrogens (primary N) is 1. The summed E-state index contributed by atoms with van der Waals surface area (Å²) in [6.07, 6.45) is 6.34. The molecule has 2 aromatic heterocycles. The van der Waals surface area contributed by atoms with E-state index in [9.17, 15) is 18.8 Å². The maximum absolute atomic E-state index is 14.8. The number of rotatable bonds is 7. The molecule has 0 spiro atoms. The van der Waals surface area contributed by atoms with Crippen LogP contribution in [0, 0.1) is 5.82 Å². The fourth-order valence-corrected chi connectivity index (χ4v) is 4.65. The number of amides is 3. The van der Waals surface area contributed by atoms with Gasteiger partial charge in [0.25, 0.3) is 5.91 Å². The van der Waals surface area contributed by atoms with Crippen molar-refractivity contribution < 1.29 is 18.8 Å². The zero-order chi connectivity index (χ0) is 26.0. The first kappa shape index (κ1) is 25.2. The maximum Gasteiger partial charge on any atom is 0.255 e. The van der Waals surface area contributed by atoms with Gasteiger partial charge in [0.2, 0.25) is 11.8 Å². The van der Waals surface area contributed by atoms with Crippen molar-refractivity contribution in [3.63, 3.8) is 0 Å². The number of fused-ring (bicyclic) bond motifs is 1. The molecule has 0 saturated heterocycles. The highest BCUT2D eigenvalue weighted by Gasteiger charge is 2.25. The molecule has 1 saturated carbocycles. The van der Waals surface area contributed by atoms with Crippen molar-refractivity contribution >= 4 is 28.9 Å². The molecule has 1 aliphatic carbocycles. The average molecular weight is 495 g/mol. The third-order valence-corrected chi connectivity index (χ3v) is 6.35. The van der Waals surface area contributed by atoms with Crippen LogP contribution in [0.25, 0.3) is 16.6 Å². The fourth-order valence-electron chi connectivity index (χ4n) is 4.65. The maximum atomic E-state index is 14.8. The average Bonchev–Trinajstić information content (AvgIpc) is 3.24. The molecular weight excluding hydrogens is 463 g/mol. The summed E-state index contributed by atoms with van der Waals surface area (Å²) >= 11 is 0. The minimum absolute atomic E-state index is 0.00541. The number of halogens is 1. The number of carbonyl (C=O) groups excluding carboxylic acids is 3. The fraction of sp³-hybridized carbons (Fsp3) is 0.385. The van der Waals surface area contributed by atoms with Crippen molar-refractivity contribution in [2.24, 2.45) is 5.73 Å². The van der Waals surface area contributed by atoms with Crippen LogP contribution in [0.5, 0.6) is 0 Å². The van der Waals surface area contributed by atoms with Gasteiger partial charge in [-0.15, -0.1) is 0 Å². The van der Waals surface area contributed by atoms with Gasteiger partial charge in [0.15, 0.2) is 0 Å². The van der Waals surface area contributed by atoms with Crippen LogP contribution in [0.15, 0.2) is 36.7 Å². The van der Waals surface area contributed by atoms with E-state index in [2.05, 4.69) is 21.0 Å². The molecule has 0 unspecified atom stereocenters. The number of nitrogens with zero attached hydrogens (tertiary/aromatic N) is 2. The van der Waals surface area contributed by atoms with E-state index in [1.807, 2.05) is 13.8 Å². The molecule has 4 rings (SSSR count). The highest BCUT2D eigenvalue weighted by atomic mass is 19.1. The summed E-state index contributed by atoms with van der Waals surface area (Å²) in [7, 11) is 0. The molecule has 9 nitrogen and oxygen atoms in total. The van der Waals surface area contributed by atoms with E-state index in [-0.39, 0.29) is 35.5 Å². The van der Waals surface area contributed by atoms with E-state index in [1.165, 1.54) is 25.3 Å². The SMILES string of the molecule is CC(=O)N[C@H]1CC[C@H](NC(=O)c2cnn3cc(-c4ccc(C(N)=O)cc4F)cc3c2NC(C)C)CC1. The Kier molecular flexibility index (Phi) is 7.23. The second-order valence-electron chi connectivity index (χ2n) is 9.57. The van der Waals surface area contributed by atoms with E-state index in [4.69, 9.17) is 5.73 Å². The van der Waals surface area contributed by atoms with Crippen molar-refractivity contribution in [2.75, 3.05) is 5.32 Å².